The van der Waals surface area contributed by atoms with E-state index < -0.39 is 0 Å². The predicted molar refractivity (Wildman–Crippen MR) is 128 cm³/mol. The minimum atomic E-state index is 0.0861. The Hall–Kier alpha value is -2.98. The topological polar surface area (TPSA) is 36.4 Å². The van der Waals surface area contributed by atoms with E-state index >= 15 is 0 Å². The van der Waals surface area contributed by atoms with Gasteiger partial charge in [-0.2, -0.15) is 0 Å². The molecule has 3 aromatic rings. The number of piperidine rings is 1. The van der Waals surface area contributed by atoms with Gasteiger partial charge in [0.15, 0.2) is 0 Å². The Morgan fingerprint density at radius 3 is 2.06 bits per heavy atom. The minimum absolute atomic E-state index is 0.0861. The van der Waals surface area contributed by atoms with Crippen molar-refractivity contribution in [2.45, 2.75) is 37.1 Å². The van der Waals surface area contributed by atoms with E-state index in [1.165, 1.54) is 30.4 Å². The number of pyridine rings is 1. The normalized spacial score (nSPS) is 21.3. The fourth-order valence-corrected chi connectivity index (χ4v) is 5.70. The summed E-state index contributed by atoms with van der Waals surface area (Å²) < 4.78 is 0. The Bertz CT molecular complexity index is 985. The van der Waals surface area contributed by atoms with Crippen molar-refractivity contribution in [2.75, 3.05) is 26.2 Å². The molecule has 3 heterocycles. The van der Waals surface area contributed by atoms with Crippen LogP contribution in [0.2, 0.25) is 0 Å². The van der Waals surface area contributed by atoms with Crippen molar-refractivity contribution in [3.05, 3.63) is 102 Å². The third-order valence-corrected chi connectivity index (χ3v) is 7.32. The molecule has 4 nitrogen and oxygen atoms in total. The second-order valence-corrected chi connectivity index (χ2v) is 9.21. The number of likely N-dealkylation sites (tertiary alicyclic amines) is 2. The highest BCUT2D eigenvalue weighted by Gasteiger charge is 2.45. The molecule has 2 aliphatic rings. The zero-order valence-electron chi connectivity index (χ0n) is 18.6. The number of hydrogen-bond acceptors (Lipinski definition) is 3. The fraction of sp³-hybridized carbons (Fsp3) is 0.357. The monoisotopic (exact) mass is 425 g/mol. The Labute approximate surface area is 190 Å². The van der Waals surface area contributed by atoms with Gasteiger partial charge in [0, 0.05) is 49.0 Å². The Balaban J connectivity index is 1.40. The summed E-state index contributed by atoms with van der Waals surface area (Å²) in [7, 11) is 0. The van der Waals surface area contributed by atoms with Gasteiger partial charge in [-0.15, -0.1) is 0 Å². The first kappa shape index (κ1) is 20.9. The lowest BCUT2D eigenvalue weighted by Crippen LogP contribution is -2.57. The Kier molecular flexibility index (Phi) is 6.04. The zero-order valence-corrected chi connectivity index (χ0v) is 18.6. The number of benzene rings is 2. The van der Waals surface area contributed by atoms with E-state index in [0.717, 1.165) is 38.2 Å². The average Bonchev–Trinajstić information content (AvgIpc) is 3.24. The maximum Gasteiger partial charge on any atom is 0.254 e. The van der Waals surface area contributed by atoms with Gasteiger partial charge >= 0.3 is 0 Å². The Morgan fingerprint density at radius 1 is 0.844 bits per heavy atom. The molecule has 1 amide bonds. The summed E-state index contributed by atoms with van der Waals surface area (Å²) in [5, 5.41) is 0. The van der Waals surface area contributed by atoms with Gasteiger partial charge in [-0.25, -0.2) is 0 Å². The highest BCUT2D eigenvalue weighted by molar-refractivity contribution is 5.94. The van der Waals surface area contributed by atoms with Crippen molar-refractivity contribution in [3.63, 3.8) is 0 Å². The number of nitrogens with zero attached hydrogens (tertiary/aromatic N) is 3. The number of carbonyl (C=O) groups is 1. The maximum atomic E-state index is 13.2. The van der Waals surface area contributed by atoms with E-state index in [4.69, 9.17) is 0 Å². The number of carbonyl (C=O) groups excluding carboxylic acids is 1. The molecule has 0 aliphatic carbocycles. The molecular formula is C28H31N3O. The van der Waals surface area contributed by atoms with Gasteiger partial charge in [0.2, 0.25) is 0 Å². The molecule has 0 radical (unpaired) electrons. The number of hydrogen-bond donors (Lipinski definition) is 0. The molecule has 5 rings (SSSR count). The molecule has 0 bridgehead atoms. The molecule has 1 atom stereocenters. The second-order valence-electron chi connectivity index (χ2n) is 9.21. The average molecular weight is 426 g/mol. The maximum absolute atomic E-state index is 13.2. The van der Waals surface area contributed by atoms with Crippen LogP contribution in [0.3, 0.4) is 0 Å². The van der Waals surface area contributed by atoms with Crippen molar-refractivity contribution >= 4 is 5.91 Å². The van der Waals surface area contributed by atoms with Crippen molar-refractivity contribution in [2.24, 2.45) is 0 Å². The lowest BCUT2D eigenvalue weighted by Gasteiger charge is -2.47. The molecule has 2 aromatic carbocycles. The second kappa shape index (κ2) is 9.25. The molecule has 2 saturated heterocycles. The SMILES string of the molecule is O=C(c1ccncc1)N1CCCC2(CCCN2CC(c2ccccc2)c2ccccc2)C1. The lowest BCUT2D eigenvalue weighted by molar-refractivity contribution is 0.0315. The molecule has 2 fully saturated rings. The highest BCUT2D eigenvalue weighted by atomic mass is 16.2. The largest absolute Gasteiger partial charge is 0.337 e. The summed E-state index contributed by atoms with van der Waals surface area (Å²) in [4.78, 5) is 22.0. The van der Waals surface area contributed by atoms with Crippen molar-refractivity contribution in [3.8, 4) is 0 Å². The summed E-state index contributed by atoms with van der Waals surface area (Å²) in [5.41, 5.74) is 3.55. The lowest BCUT2D eigenvalue weighted by atomic mass is 9.84. The van der Waals surface area contributed by atoms with Crippen LogP contribution in [0.5, 0.6) is 0 Å². The summed E-state index contributed by atoms with van der Waals surface area (Å²) >= 11 is 0. The molecular weight excluding hydrogens is 394 g/mol. The van der Waals surface area contributed by atoms with Crippen molar-refractivity contribution < 1.29 is 4.79 Å². The third kappa shape index (κ3) is 4.20. The van der Waals surface area contributed by atoms with Gasteiger partial charge in [-0.1, -0.05) is 60.7 Å². The van der Waals surface area contributed by atoms with Crippen LogP contribution >= 0.6 is 0 Å². The van der Waals surface area contributed by atoms with Gasteiger partial charge in [-0.3, -0.25) is 14.7 Å². The number of rotatable bonds is 5. The van der Waals surface area contributed by atoms with E-state index in [-0.39, 0.29) is 11.4 Å². The quantitative estimate of drug-likeness (QED) is 0.578. The number of amides is 1. The first-order valence-corrected chi connectivity index (χ1v) is 11.8. The molecule has 32 heavy (non-hydrogen) atoms. The van der Waals surface area contributed by atoms with Crippen LogP contribution in [0.15, 0.2) is 85.2 Å². The zero-order chi connectivity index (χ0) is 21.8. The minimum Gasteiger partial charge on any atom is -0.337 e. The van der Waals surface area contributed by atoms with Crippen molar-refractivity contribution in [1.82, 2.24) is 14.8 Å². The Morgan fingerprint density at radius 2 is 1.44 bits per heavy atom. The fourth-order valence-electron chi connectivity index (χ4n) is 5.70. The van der Waals surface area contributed by atoms with Crippen LogP contribution in [-0.4, -0.2) is 52.4 Å². The molecule has 1 unspecified atom stereocenters. The molecule has 164 valence electrons. The van der Waals surface area contributed by atoms with E-state index in [1.807, 2.05) is 12.1 Å². The molecule has 4 heteroatoms. The standard InChI is InChI=1S/C28H31N3O/c32-27(25-13-17-29-18-14-25)30-19-7-15-28(22-30)16-8-20-31(28)21-26(23-9-3-1-4-10-23)24-11-5-2-6-12-24/h1-6,9-14,17-18,26H,7-8,15-16,19-22H2. The highest BCUT2D eigenvalue weighted by Crippen LogP contribution is 2.40. The molecule has 2 aliphatic heterocycles. The van der Waals surface area contributed by atoms with E-state index in [1.54, 1.807) is 12.4 Å². The summed E-state index contributed by atoms with van der Waals surface area (Å²) in [5.74, 6) is 0.472. The van der Waals surface area contributed by atoms with Crippen LogP contribution in [0.1, 0.15) is 53.1 Å². The van der Waals surface area contributed by atoms with Gasteiger partial charge < -0.3 is 4.90 Å². The summed E-state index contributed by atoms with van der Waals surface area (Å²) in [6.07, 6.45) is 8.02. The van der Waals surface area contributed by atoms with Crippen LogP contribution in [0.4, 0.5) is 0 Å². The van der Waals surface area contributed by atoms with E-state index in [0.29, 0.717) is 5.92 Å². The van der Waals surface area contributed by atoms with Gasteiger partial charge in [0.05, 0.1) is 0 Å². The van der Waals surface area contributed by atoms with Gasteiger partial charge in [-0.05, 0) is 55.5 Å². The van der Waals surface area contributed by atoms with Gasteiger partial charge in [0.25, 0.3) is 5.91 Å². The predicted octanol–water partition coefficient (Wildman–Crippen LogP) is 4.98. The van der Waals surface area contributed by atoms with Crippen LogP contribution < -0.4 is 0 Å². The molecule has 0 N–H and O–H groups in total. The smallest absolute Gasteiger partial charge is 0.254 e. The van der Waals surface area contributed by atoms with Crippen LogP contribution in [-0.2, 0) is 0 Å². The van der Waals surface area contributed by atoms with Gasteiger partial charge in [0.1, 0.15) is 0 Å². The van der Waals surface area contributed by atoms with Crippen LogP contribution in [0, 0.1) is 0 Å². The summed E-state index contributed by atoms with van der Waals surface area (Å²) in [6, 6.07) is 25.4. The molecule has 1 aromatic heterocycles. The summed E-state index contributed by atoms with van der Waals surface area (Å²) in [6.45, 7) is 3.76. The third-order valence-electron chi connectivity index (χ3n) is 7.32. The first-order chi connectivity index (χ1) is 15.8. The van der Waals surface area contributed by atoms with E-state index in [9.17, 15) is 4.79 Å². The van der Waals surface area contributed by atoms with Crippen molar-refractivity contribution in [1.29, 1.82) is 0 Å². The molecule has 1 spiro atoms. The first-order valence-electron chi connectivity index (χ1n) is 11.8. The van der Waals surface area contributed by atoms with Crippen LogP contribution in [0.25, 0.3) is 0 Å². The molecule has 0 saturated carbocycles. The number of aromatic nitrogens is 1. The van der Waals surface area contributed by atoms with E-state index in [2.05, 4.69) is 75.4 Å².